The zero-order valence-electron chi connectivity index (χ0n) is 22.4. The molecule has 202 valence electrons. The Bertz CT molecular complexity index is 1420. The molecule has 1 N–H and O–H groups in total. The molecule has 0 bridgehead atoms. The van der Waals surface area contributed by atoms with Gasteiger partial charge in [0.2, 0.25) is 11.8 Å². The van der Waals surface area contributed by atoms with Crippen LogP contribution in [0.2, 0.25) is 0 Å². The molecule has 0 saturated heterocycles. The summed E-state index contributed by atoms with van der Waals surface area (Å²) in [5.41, 5.74) is 4.13. The summed E-state index contributed by atoms with van der Waals surface area (Å²) < 4.78 is 18.7. The molecule has 0 fully saturated rings. The van der Waals surface area contributed by atoms with Crippen molar-refractivity contribution in [1.82, 2.24) is 4.90 Å². The third kappa shape index (κ3) is 6.56. The Morgan fingerprint density at radius 1 is 1.03 bits per heavy atom. The van der Waals surface area contributed by atoms with E-state index in [4.69, 9.17) is 9.73 Å². The summed E-state index contributed by atoms with van der Waals surface area (Å²) >= 11 is 0. The minimum absolute atomic E-state index is 0.0670. The zero-order valence-corrected chi connectivity index (χ0v) is 22.4. The van der Waals surface area contributed by atoms with Crippen LogP contribution in [0.4, 0.5) is 21.5 Å². The lowest BCUT2D eigenvalue weighted by Gasteiger charge is -2.23. The molecule has 9 heteroatoms. The Morgan fingerprint density at radius 2 is 1.77 bits per heavy atom. The molecule has 0 saturated carbocycles. The maximum absolute atomic E-state index is 13.9. The molecular formula is C30H31FN4O4. The van der Waals surface area contributed by atoms with Crippen LogP contribution in [0.15, 0.2) is 71.7 Å². The predicted octanol–water partition coefficient (Wildman–Crippen LogP) is 4.31. The highest BCUT2D eigenvalue weighted by molar-refractivity contribution is 6.24. The second-order valence-corrected chi connectivity index (χ2v) is 9.59. The molecular weight excluding hydrogens is 499 g/mol. The van der Waals surface area contributed by atoms with Gasteiger partial charge in [-0.2, -0.15) is 0 Å². The molecule has 3 aromatic rings. The third-order valence-corrected chi connectivity index (χ3v) is 6.48. The summed E-state index contributed by atoms with van der Waals surface area (Å²) in [6.07, 6.45) is 0.0683. The maximum atomic E-state index is 13.9. The molecule has 1 aliphatic rings. The van der Waals surface area contributed by atoms with Crippen LogP contribution >= 0.6 is 0 Å². The number of anilines is 2. The van der Waals surface area contributed by atoms with E-state index in [1.807, 2.05) is 37.2 Å². The fraction of sp³-hybridized carbons (Fsp3) is 0.267. The number of likely N-dealkylation sites (N-methyl/N-ethyl adjacent to an activating group) is 1. The van der Waals surface area contributed by atoms with Crippen molar-refractivity contribution in [2.45, 2.75) is 19.3 Å². The number of hydrogen-bond donors (Lipinski definition) is 1. The number of ether oxygens (including phenoxy) is 1. The number of carbonyl (C=O) groups is 3. The smallest absolute Gasteiger partial charge is 0.309 e. The van der Waals surface area contributed by atoms with Gasteiger partial charge in [0.25, 0.3) is 0 Å². The number of amides is 2. The molecule has 1 atom stereocenters. The van der Waals surface area contributed by atoms with Crippen molar-refractivity contribution >= 4 is 40.6 Å². The van der Waals surface area contributed by atoms with Crippen molar-refractivity contribution in [1.29, 1.82) is 0 Å². The molecule has 4 rings (SSSR count). The van der Waals surface area contributed by atoms with E-state index in [9.17, 15) is 18.8 Å². The van der Waals surface area contributed by atoms with E-state index in [1.54, 1.807) is 41.3 Å². The number of esters is 1. The van der Waals surface area contributed by atoms with Crippen LogP contribution < -0.4 is 10.2 Å². The summed E-state index contributed by atoms with van der Waals surface area (Å²) in [7, 11) is 5.22. The Morgan fingerprint density at radius 3 is 2.44 bits per heavy atom. The topological polar surface area (TPSA) is 91.3 Å². The molecule has 1 aliphatic heterocycles. The van der Waals surface area contributed by atoms with Crippen molar-refractivity contribution < 1.29 is 23.5 Å². The first-order valence-electron chi connectivity index (χ1n) is 12.5. The van der Waals surface area contributed by atoms with Gasteiger partial charge in [-0.05, 0) is 73.3 Å². The third-order valence-electron chi connectivity index (χ3n) is 6.48. The number of nitrogens with zero attached hydrogens (tertiary/aromatic N) is 3. The zero-order chi connectivity index (χ0) is 28.1. The molecule has 0 radical (unpaired) electrons. The normalized spacial score (nSPS) is 14.7. The number of nitrogens with one attached hydrogen (secondary N) is 1. The van der Waals surface area contributed by atoms with E-state index in [0.29, 0.717) is 46.9 Å². The van der Waals surface area contributed by atoms with Gasteiger partial charge in [0.1, 0.15) is 11.7 Å². The first-order valence-corrected chi connectivity index (χ1v) is 12.5. The average molecular weight is 531 g/mol. The summed E-state index contributed by atoms with van der Waals surface area (Å²) in [5, 5.41) is 2.76. The molecule has 1 heterocycles. The maximum Gasteiger partial charge on any atom is 0.309 e. The highest BCUT2D eigenvalue weighted by Gasteiger charge is 2.35. The number of benzene rings is 3. The van der Waals surface area contributed by atoms with E-state index < -0.39 is 11.7 Å². The quantitative estimate of drug-likeness (QED) is 0.329. The average Bonchev–Trinajstić information content (AvgIpc) is 3.22. The van der Waals surface area contributed by atoms with Crippen LogP contribution in [0.5, 0.6) is 0 Å². The fourth-order valence-corrected chi connectivity index (χ4v) is 4.50. The molecule has 0 spiro atoms. The Hall–Kier alpha value is -4.37. The van der Waals surface area contributed by atoms with Crippen molar-refractivity contribution in [3.63, 3.8) is 0 Å². The van der Waals surface area contributed by atoms with Gasteiger partial charge in [-0.25, -0.2) is 4.39 Å². The molecule has 2 amide bonds. The van der Waals surface area contributed by atoms with E-state index in [0.717, 1.165) is 5.69 Å². The molecule has 8 nitrogen and oxygen atoms in total. The van der Waals surface area contributed by atoms with E-state index in [-0.39, 0.29) is 24.2 Å². The summed E-state index contributed by atoms with van der Waals surface area (Å²) in [5.74, 6) is -2.01. The Balaban J connectivity index is 1.76. The number of hydrogen-bond acceptors (Lipinski definition) is 6. The lowest BCUT2D eigenvalue weighted by Crippen LogP contribution is -2.35. The second-order valence-electron chi connectivity index (χ2n) is 9.59. The van der Waals surface area contributed by atoms with Gasteiger partial charge in [-0.15, -0.1) is 0 Å². The SMILES string of the molecule is COC(=O)Cc1cccc(C(=Nc2ccc(N(CCN(C)C)C(C)=O)cc2)C2C(=O)Nc3cc(F)ccc32)c1. The highest BCUT2D eigenvalue weighted by atomic mass is 19.1. The van der Waals surface area contributed by atoms with Crippen molar-refractivity contribution in [3.8, 4) is 0 Å². The number of rotatable bonds is 9. The summed E-state index contributed by atoms with van der Waals surface area (Å²) in [6.45, 7) is 2.78. The van der Waals surface area contributed by atoms with Gasteiger partial charge in [0.05, 0.1) is 24.9 Å². The first kappa shape index (κ1) is 27.7. The molecule has 1 unspecified atom stereocenters. The Labute approximate surface area is 227 Å². The van der Waals surface area contributed by atoms with Gasteiger partial charge >= 0.3 is 5.97 Å². The first-order chi connectivity index (χ1) is 18.7. The number of aliphatic imine (C=N–C) groups is 1. The minimum atomic E-state index is -0.789. The summed E-state index contributed by atoms with van der Waals surface area (Å²) in [6, 6.07) is 18.6. The number of carbonyl (C=O) groups excluding carboxylic acids is 3. The number of methoxy groups -OCH3 is 1. The van der Waals surface area contributed by atoms with Crippen LogP contribution in [0, 0.1) is 5.82 Å². The van der Waals surface area contributed by atoms with Crippen LogP contribution in [0.25, 0.3) is 0 Å². The van der Waals surface area contributed by atoms with Gasteiger partial charge in [0, 0.05) is 31.4 Å². The lowest BCUT2D eigenvalue weighted by atomic mass is 9.89. The van der Waals surface area contributed by atoms with Gasteiger partial charge in [0.15, 0.2) is 0 Å². The van der Waals surface area contributed by atoms with E-state index in [1.165, 1.54) is 26.2 Å². The molecule has 0 aromatic heterocycles. The fourth-order valence-electron chi connectivity index (χ4n) is 4.50. The van der Waals surface area contributed by atoms with Crippen molar-refractivity contribution in [2.24, 2.45) is 4.99 Å². The van der Waals surface area contributed by atoms with Crippen LogP contribution in [0.1, 0.15) is 29.5 Å². The van der Waals surface area contributed by atoms with Gasteiger partial charge in [-0.3, -0.25) is 19.4 Å². The van der Waals surface area contributed by atoms with Crippen molar-refractivity contribution in [2.75, 3.05) is 44.5 Å². The summed E-state index contributed by atoms with van der Waals surface area (Å²) in [4.78, 5) is 45.9. The van der Waals surface area contributed by atoms with E-state index in [2.05, 4.69) is 5.32 Å². The second kappa shape index (κ2) is 12.0. The van der Waals surface area contributed by atoms with Crippen LogP contribution in [-0.4, -0.2) is 62.7 Å². The molecule has 3 aromatic carbocycles. The van der Waals surface area contributed by atoms with Gasteiger partial charge < -0.3 is 19.9 Å². The molecule has 39 heavy (non-hydrogen) atoms. The van der Waals surface area contributed by atoms with Gasteiger partial charge in [-0.1, -0.05) is 24.3 Å². The monoisotopic (exact) mass is 530 g/mol. The molecule has 0 aliphatic carbocycles. The lowest BCUT2D eigenvalue weighted by molar-refractivity contribution is -0.139. The minimum Gasteiger partial charge on any atom is -0.469 e. The highest BCUT2D eigenvalue weighted by Crippen LogP contribution is 2.37. The number of halogens is 1. The van der Waals surface area contributed by atoms with Crippen LogP contribution in [-0.2, 0) is 25.5 Å². The van der Waals surface area contributed by atoms with E-state index >= 15 is 0 Å². The van der Waals surface area contributed by atoms with Crippen molar-refractivity contribution in [3.05, 3.63) is 89.2 Å². The standard InChI is InChI=1S/C30H31FN4O4/c1-19(36)35(15-14-34(2)3)24-11-9-23(10-12-24)32-29(21-7-5-6-20(16-21)17-27(37)39-4)28-25-13-8-22(31)18-26(25)33-30(28)38/h5-13,16,18,28H,14-15,17H2,1-4H3,(H,33,38). The largest absolute Gasteiger partial charge is 0.469 e. The Kier molecular flexibility index (Phi) is 8.51. The van der Waals surface area contributed by atoms with Crippen LogP contribution in [0.3, 0.4) is 0 Å². The number of fused-ring (bicyclic) bond motifs is 1. The predicted molar refractivity (Wildman–Crippen MR) is 149 cm³/mol.